The van der Waals surface area contributed by atoms with Crippen molar-refractivity contribution in [2.75, 3.05) is 31.6 Å². The monoisotopic (exact) mass is 278 g/mol. The number of carbonyl (C=O) groups excluding carboxylic acids is 1. The minimum absolute atomic E-state index is 0.200. The lowest BCUT2D eigenvalue weighted by Crippen LogP contribution is -2.34. The lowest BCUT2D eigenvalue weighted by atomic mass is 10.1. The van der Waals surface area contributed by atoms with Crippen molar-refractivity contribution in [3.8, 4) is 0 Å². The average molecular weight is 278 g/mol. The predicted octanol–water partition coefficient (Wildman–Crippen LogP) is 0.224. The van der Waals surface area contributed by atoms with Crippen molar-refractivity contribution >= 4 is 11.7 Å². The Balaban J connectivity index is 1.75. The number of hydrogen-bond donors (Lipinski definition) is 3. The minimum atomic E-state index is -0.200. The maximum atomic E-state index is 11.9. The highest BCUT2D eigenvalue weighted by molar-refractivity contribution is 5.91. The van der Waals surface area contributed by atoms with Gasteiger partial charge in [0.2, 0.25) is 0 Å². The molecule has 1 atom stereocenters. The van der Waals surface area contributed by atoms with Crippen molar-refractivity contribution in [1.29, 1.82) is 0 Å². The molecule has 2 heterocycles. The molecule has 110 valence electrons. The molecule has 20 heavy (non-hydrogen) atoms. The Morgan fingerprint density at radius 1 is 1.40 bits per heavy atom. The maximum absolute atomic E-state index is 11.9. The first-order valence-corrected chi connectivity index (χ1v) is 6.98. The maximum Gasteiger partial charge on any atom is 0.271 e. The molecule has 0 aromatic carbocycles. The molecule has 1 aromatic heterocycles. The number of carbonyl (C=O) groups is 1. The second-order valence-electron chi connectivity index (χ2n) is 5.25. The molecule has 1 fully saturated rings. The third-order valence-electron chi connectivity index (χ3n) is 3.41. The van der Waals surface area contributed by atoms with E-state index in [0.717, 1.165) is 6.54 Å². The van der Waals surface area contributed by atoms with Crippen LogP contribution in [0.15, 0.2) is 12.4 Å². The van der Waals surface area contributed by atoms with Gasteiger partial charge in [0.1, 0.15) is 5.69 Å². The van der Waals surface area contributed by atoms with E-state index in [1.807, 2.05) is 0 Å². The van der Waals surface area contributed by atoms with Crippen molar-refractivity contribution in [3.63, 3.8) is 0 Å². The lowest BCUT2D eigenvalue weighted by molar-refractivity contribution is 0.0939. The van der Waals surface area contributed by atoms with Crippen LogP contribution >= 0.6 is 0 Å². The van der Waals surface area contributed by atoms with Crippen molar-refractivity contribution < 1.29 is 4.79 Å². The molecule has 0 bridgehead atoms. The normalized spacial score (nSPS) is 16.9. The van der Waals surface area contributed by atoms with Crippen LogP contribution in [0.5, 0.6) is 0 Å². The largest absolute Gasteiger partial charge is 0.350 e. The quantitative estimate of drug-likeness (QED) is 0.509. The summed E-state index contributed by atoms with van der Waals surface area (Å²) in [6.45, 7) is 6.18. The van der Waals surface area contributed by atoms with Gasteiger partial charge in [-0.15, -0.1) is 0 Å². The Bertz CT molecular complexity index is 429. The van der Waals surface area contributed by atoms with Gasteiger partial charge in [0.15, 0.2) is 5.82 Å². The number of hydrogen-bond acceptors (Lipinski definition) is 6. The van der Waals surface area contributed by atoms with Gasteiger partial charge in [0, 0.05) is 13.1 Å². The third kappa shape index (κ3) is 4.14. The van der Waals surface area contributed by atoms with Crippen LogP contribution in [0.25, 0.3) is 0 Å². The zero-order valence-electron chi connectivity index (χ0n) is 11.8. The summed E-state index contributed by atoms with van der Waals surface area (Å²) in [6, 6.07) is 0. The van der Waals surface area contributed by atoms with Crippen LogP contribution in [0.2, 0.25) is 0 Å². The number of nitrogens with one attached hydrogen (secondary N) is 2. The van der Waals surface area contributed by atoms with Gasteiger partial charge in [0.05, 0.1) is 12.4 Å². The van der Waals surface area contributed by atoms with Gasteiger partial charge in [-0.3, -0.25) is 4.79 Å². The highest BCUT2D eigenvalue weighted by atomic mass is 16.1. The lowest BCUT2D eigenvalue weighted by Gasteiger charge is -2.20. The summed E-state index contributed by atoms with van der Waals surface area (Å²) in [4.78, 5) is 22.3. The number of rotatable bonds is 6. The molecule has 1 amide bonds. The molecular weight excluding hydrogens is 256 g/mol. The van der Waals surface area contributed by atoms with Gasteiger partial charge in [-0.2, -0.15) is 0 Å². The van der Waals surface area contributed by atoms with Crippen LogP contribution in [0.1, 0.15) is 30.3 Å². The summed E-state index contributed by atoms with van der Waals surface area (Å²) in [6.07, 6.45) is 5.42. The Morgan fingerprint density at radius 2 is 2.15 bits per heavy atom. The van der Waals surface area contributed by atoms with Gasteiger partial charge >= 0.3 is 0 Å². The van der Waals surface area contributed by atoms with Crippen LogP contribution in [-0.4, -0.2) is 47.0 Å². The van der Waals surface area contributed by atoms with Gasteiger partial charge in [0.25, 0.3) is 5.91 Å². The molecule has 0 saturated carbocycles. The van der Waals surface area contributed by atoms with Gasteiger partial charge < -0.3 is 15.6 Å². The van der Waals surface area contributed by atoms with Gasteiger partial charge in [-0.1, -0.05) is 6.92 Å². The smallest absolute Gasteiger partial charge is 0.271 e. The van der Waals surface area contributed by atoms with E-state index in [4.69, 9.17) is 5.84 Å². The van der Waals surface area contributed by atoms with Crippen LogP contribution in [0.3, 0.4) is 0 Å². The molecule has 0 spiro atoms. The summed E-state index contributed by atoms with van der Waals surface area (Å²) >= 11 is 0. The zero-order valence-corrected chi connectivity index (χ0v) is 11.8. The number of amides is 1. The van der Waals surface area contributed by atoms with E-state index >= 15 is 0 Å². The topological polar surface area (TPSA) is 96.2 Å². The average Bonchev–Trinajstić information content (AvgIpc) is 2.97. The van der Waals surface area contributed by atoms with E-state index in [9.17, 15) is 4.79 Å². The standard InChI is InChI=1S/C13H22N6O/c1-10(9-19-4-2-3-5-19)6-17-13(20)11-7-16-12(18-14)8-15-11/h7-8,10H,2-6,9,14H2,1H3,(H,16,18)(H,17,20). The highest BCUT2D eigenvalue weighted by Gasteiger charge is 2.15. The Hall–Kier alpha value is -1.73. The third-order valence-corrected chi connectivity index (χ3v) is 3.41. The molecule has 2 rings (SSSR count). The molecule has 0 aliphatic carbocycles. The number of hydrazine groups is 1. The van der Waals surface area contributed by atoms with Crippen LogP contribution in [0.4, 0.5) is 5.82 Å². The molecule has 1 aliphatic rings. The first-order valence-electron chi connectivity index (χ1n) is 6.98. The van der Waals surface area contributed by atoms with Crippen LogP contribution in [-0.2, 0) is 0 Å². The summed E-state index contributed by atoms with van der Waals surface area (Å²) in [7, 11) is 0. The molecule has 7 heteroatoms. The van der Waals surface area contributed by atoms with E-state index in [1.54, 1.807) is 0 Å². The summed E-state index contributed by atoms with van der Waals surface area (Å²) in [5.74, 6) is 5.85. The summed E-state index contributed by atoms with van der Waals surface area (Å²) < 4.78 is 0. The Morgan fingerprint density at radius 3 is 2.75 bits per heavy atom. The summed E-state index contributed by atoms with van der Waals surface area (Å²) in [5.41, 5.74) is 2.68. The minimum Gasteiger partial charge on any atom is -0.350 e. The number of likely N-dealkylation sites (tertiary alicyclic amines) is 1. The molecule has 7 nitrogen and oxygen atoms in total. The molecule has 1 aromatic rings. The zero-order chi connectivity index (χ0) is 14.4. The predicted molar refractivity (Wildman–Crippen MR) is 77.0 cm³/mol. The van der Waals surface area contributed by atoms with Crippen molar-refractivity contribution in [2.24, 2.45) is 11.8 Å². The highest BCUT2D eigenvalue weighted by Crippen LogP contribution is 2.09. The molecule has 1 unspecified atom stereocenters. The van der Waals surface area contributed by atoms with Crippen LogP contribution in [0, 0.1) is 5.92 Å². The van der Waals surface area contributed by atoms with Crippen molar-refractivity contribution in [3.05, 3.63) is 18.1 Å². The fraction of sp³-hybridized carbons (Fsp3) is 0.615. The Labute approximate surface area is 118 Å². The second-order valence-corrected chi connectivity index (χ2v) is 5.25. The first kappa shape index (κ1) is 14.7. The SMILES string of the molecule is CC(CNC(=O)c1cnc(NN)cn1)CN1CCCC1. The summed E-state index contributed by atoms with van der Waals surface area (Å²) in [5, 5.41) is 2.89. The Kier molecular flexibility index (Phi) is 5.25. The number of anilines is 1. The van der Waals surface area contributed by atoms with Gasteiger partial charge in [-0.25, -0.2) is 15.8 Å². The second kappa shape index (κ2) is 7.16. The van der Waals surface area contributed by atoms with Crippen molar-refractivity contribution in [1.82, 2.24) is 20.2 Å². The van der Waals surface area contributed by atoms with E-state index in [0.29, 0.717) is 24.0 Å². The molecule has 0 radical (unpaired) electrons. The molecule has 1 saturated heterocycles. The van der Waals surface area contributed by atoms with E-state index in [1.165, 1.54) is 38.3 Å². The van der Waals surface area contributed by atoms with Crippen molar-refractivity contribution in [2.45, 2.75) is 19.8 Å². The van der Waals surface area contributed by atoms with Gasteiger partial charge in [-0.05, 0) is 31.8 Å². The fourth-order valence-corrected chi connectivity index (χ4v) is 2.35. The first-order chi connectivity index (χ1) is 9.69. The van der Waals surface area contributed by atoms with Crippen LogP contribution < -0.4 is 16.6 Å². The fourth-order valence-electron chi connectivity index (χ4n) is 2.35. The molecule has 4 N–H and O–H groups in total. The van der Waals surface area contributed by atoms with E-state index in [2.05, 4.69) is 32.5 Å². The molecule has 1 aliphatic heterocycles. The molecular formula is C13H22N6O. The number of nitrogens with two attached hydrogens (primary N) is 1. The number of nitrogens with zero attached hydrogens (tertiary/aromatic N) is 3. The van der Waals surface area contributed by atoms with E-state index in [-0.39, 0.29) is 5.91 Å². The number of nitrogen functional groups attached to an aromatic ring is 1. The number of aromatic nitrogens is 2. The van der Waals surface area contributed by atoms with E-state index < -0.39 is 0 Å².